The smallest absolute Gasteiger partial charge is 0.456 e. The van der Waals surface area contributed by atoms with E-state index in [1.54, 1.807) is 0 Å². The normalized spacial score (nSPS) is 12.4. The van der Waals surface area contributed by atoms with E-state index in [2.05, 4.69) is 4.74 Å². The van der Waals surface area contributed by atoms with Crippen molar-refractivity contribution in [1.82, 2.24) is 0 Å². The molecule has 0 aromatic heterocycles. The van der Waals surface area contributed by atoms with Gasteiger partial charge < -0.3 is 4.74 Å². The largest absolute Gasteiger partial charge is 0.465 e. The van der Waals surface area contributed by atoms with Crippen molar-refractivity contribution in [3.05, 3.63) is 33.8 Å². The first-order valence-electron chi connectivity index (χ1n) is 4.61. The van der Waals surface area contributed by atoms with Gasteiger partial charge in [0.05, 0.1) is 0 Å². The van der Waals surface area contributed by atoms with Gasteiger partial charge in [0, 0.05) is 15.6 Å². The van der Waals surface area contributed by atoms with Crippen molar-refractivity contribution in [3.8, 4) is 0 Å². The lowest BCUT2D eigenvalue weighted by molar-refractivity contribution is -0.281. The summed E-state index contributed by atoms with van der Waals surface area (Å²) in [5.41, 5.74) is 0.0531. The zero-order chi connectivity index (χ0) is 14.8. The van der Waals surface area contributed by atoms with Crippen molar-refractivity contribution in [2.45, 2.75) is 18.7 Å². The zero-order valence-corrected chi connectivity index (χ0v) is 10.4. The maximum Gasteiger partial charge on any atom is 0.465 e. The summed E-state index contributed by atoms with van der Waals surface area (Å²) in [4.78, 5) is 10.7. The Kier molecular flexibility index (Phi) is 4.63. The Morgan fingerprint density at radius 1 is 1.16 bits per heavy atom. The number of benzene rings is 1. The standard InChI is InChI=1S/C10H5Cl2F5O2/c11-6-2-1-5(7(12)3-6)4-19-8(18)9(13,14)10(15,16)17/h1-3H,4H2. The van der Waals surface area contributed by atoms with Crippen LogP contribution in [0.4, 0.5) is 22.0 Å². The highest BCUT2D eigenvalue weighted by Gasteiger charge is 2.64. The Morgan fingerprint density at radius 3 is 2.21 bits per heavy atom. The van der Waals surface area contributed by atoms with Crippen LogP contribution in [-0.4, -0.2) is 18.1 Å². The minimum atomic E-state index is -6.01. The monoisotopic (exact) mass is 322 g/mol. The fourth-order valence-electron chi connectivity index (χ4n) is 0.988. The van der Waals surface area contributed by atoms with Gasteiger partial charge in [-0.1, -0.05) is 29.3 Å². The predicted molar refractivity (Wildman–Crippen MR) is 57.3 cm³/mol. The molecule has 0 aliphatic heterocycles. The number of hydrogen-bond acceptors (Lipinski definition) is 2. The van der Waals surface area contributed by atoms with E-state index in [0.717, 1.165) is 0 Å². The molecule has 0 heterocycles. The molecule has 2 nitrogen and oxygen atoms in total. The Bertz CT molecular complexity index is 487. The van der Waals surface area contributed by atoms with Crippen molar-refractivity contribution >= 4 is 29.2 Å². The average molecular weight is 323 g/mol. The summed E-state index contributed by atoms with van der Waals surface area (Å²) in [5.74, 6) is -8.25. The number of carbonyl (C=O) groups excluding carboxylic acids is 1. The molecule has 0 radical (unpaired) electrons. The third-order valence-electron chi connectivity index (χ3n) is 1.99. The van der Waals surface area contributed by atoms with Gasteiger partial charge in [0.25, 0.3) is 0 Å². The number of alkyl halides is 5. The Labute approximate surface area is 114 Å². The van der Waals surface area contributed by atoms with E-state index in [0.29, 0.717) is 0 Å². The maximum absolute atomic E-state index is 12.5. The Balaban J connectivity index is 2.75. The lowest BCUT2D eigenvalue weighted by atomic mass is 10.2. The first-order chi connectivity index (χ1) is 8.55. The molecule has 0 fully saturated rings. The van der Waals surface area contributed by atoms with Crippen LogP contribution in [0.25, 0.3) is 0 Å². The van der Waals surface area contributed by atoms with Gasteiger partial charge in [-0.3, -0.25) is 0 Å². The molecule has 0 amide bonds. The van der Waals surface area contributed by atoms with Gasteiger partial charge in [0.15, 0.2) is 0 Å². The van der Waals surface area contributed by atoms with E-state index in [1.807, 2.05) is 0 Å². The molecule has 19 heavy (non-hydrogen) atoms. The van der Waals surface area contributed by atoms with Gasteiger partial charge in [0.2, 0.25) is 0 Å². The lowest BCUT2D eigenvalue weighted by Gasteiger charge is -2.17. The van der Waals surface area contributed by atoms with Crippen LogP contribution < -0.4 is 0 Å². The van der Waals surface area contributed by atoms with E-state index in [-0.39, 0.29) is 15.6 Å². The SMILES string of the molecule is O=C(OCc1ccc(Cl)cc1Cl)C(F)(F)C(F)(F)F. The molecule has 0 unspecified atom stereocenters. The predicted octanol–water partition coefficient (Wildman–Crippen LogP) is 4.23. The van der Waals surface area contributed by atoms with Crippen LogP contribution in [0.5, 0.6) is 0 Å². The fraction of sp³-hybridized carbons (Fsp3) is 0.300. The van der Waals surface area contributed by atoms with Gasteiger partial charge >= 0.3 is 18.1 Å². The van der Waals surface area contributed by atoms with Gasteiger partial charge in [-0.2, -0.15) is 22.0 Å². The second-order valence-corrected chi connectivity index (χ2v) is 4.23. The third kappa shape index (κ3) is 3.70. The van der Waals surface area contributed by atoms with E-state index >= 15 is 0 Å². The second kappa shape index (κ2) is 5.50. The van der Waals surface area contributed by atoms with Gasteiger partial charge in [-0.05, 0) is 12.1 Å². The van der Waals surface area contributed by atoms with Crippen molar-refractivity contribution in [2.24, 2.45) is 0 Å². The highest BCUT2D eigenvalue weighted by molar-refractivity contribution is 6.35. The van der Waals surface area contributed by atoms with Crippen LogP contribution in [0.15, 0.2) is 18.2 Å². The molecule has 9 heteroatoms. The molecule has 106 valence electrons. The molecule has 0 saturated carbocycles. The molecule has 0 spiro atoms. The van der Waals surface area contributed by atoms with Crippen molar-refractivity contribution in [2.75, 3.05) is 0 Å². The number of rotatable bonds is 3. The van der Waals surface area contributed by atoms with E-state index in [9.17, 15) is 26.7 Å². The first-order valence-corrected chi connectivity index (χ1v) is 5.37. The highest BCUT2D eigenvalue weighted by atomic mass is 35.5. The number of ether oxygens (including phenoxy) is 1. The van der Waals surface area contributed by atoms with E-state index < -0.39 is 24.7 Å². The molecule has 0 N–H and O–H groups in total. The topological polar surface area (TPSA) is 26.3 Å². The number of carbonyl (C=O) groups is 1. The number of hydrogen-bond donors (Lipinski definition) is 0. The van der Waals surface area contributed by atoms with Crippen molar-refractivity contribution < 1.29 is 31.5 Å². The molecule has 0 saturated heterocycles. The van der Waals surface area contributed by atoms with E-state index in [4.69, 9.17) is 23.2 Å². The maximum atomic E-state index is 12.5. The van der Waals surface area contributed by atoms with E-state index in [1.165, 1.54) is 18.2 Å². The number of halogens is 7. The summed E-state index contributed by atoms with van der Waals surface area (Å²) in [5, 5.41) is 0.219. The molecule has 0 atom stereocenters. The second-order valence-electron chi connectivity index (χ2n) is 3.38. The summed E-state index contributed by atoms with van der Waals surface area (Å²) in [6.07, 6.45) is -6.01. The Morgan fingerprint density at radius 2 is 1.74 bits per heavy atom. The zero-order valence-electron chi connectivity index (χ0n) is 8.90. The van der Waals surface area contributed by atoms with Crippen molar-refractivity contribution in [3.63, 3.8) is 0 Å². The molecular weight excluding hydrogens is 318 g/mol. The summed E-state index contributed by atoms with van der Waals surface area (Å²) in [7, 11) is 0. The van der Waals surface area contributed by atoms with Crippen LogP contribution in [0.1, 0.15) is 5.56 Å². The third-order valence-corrected chi connectivity index (χ3v) is 2.57. The van der Waals surface area contributed by atoms with Crippen molar-refractivity contribution in [1.29, 1.82) is 0 Å². The molecule has 0 aliphatic rings. The summed E-state index contributed by atoms with van der Waals surface area (Å²) in [6.45, 7) is -0.819. The van der Waals surface area contributed by atoms with Crippen LogP contribution in [-0.2, 0) is 16.1 Å². The fourth-order valence-corrected chi connectivity index (χ4v) is 1.45. The van der Waals surface area contributed by atoms with Gasteiger partial charge in [0.1, 0.15) is 6.61 Å². The summed E-state index contributed by atoms with van der Waals surface area (Å²) < 4.78 is 64.5. The average Bonchev–Trinajstić information content (AvgIpc) is 2.25. The first kappa shape index (κ1) is 16.0. The molecule has 0 aliphatic carbocycles. The minimum absolute atomic E-state index is 0.0179. The van der Waals surface area contributed by atoms with Crippen LogP contribution in [0.3, 0.4) is 0 Å². The number of esters is 1. The highest BCUT2D eigenvalue weighted by Crippen LogP contribution is 2.36. The van der Waals surface area contributed by atoms with Gasteiger partial charge in [-0.15, -0.1) is 0 Å². The van der Waals surface area contributed by atoms with Crippen LogP contribution >= 0.6 is 23.2 Å². The molecule has 1 aromatic rings. The molecular formula is C10H5Cl2F5O2. The minimum Gasteiger partial charge on any atom is -0.456 e. The summed E-state index contributed by atoms with van der Waals surface area (Å²) in [6, 6.07) is 3.79. The summed E-state index contributed by atoms with van der Waals surface area (Å²) >= 11 is 11.2. The van der Waals surface area contributed by atoms with Crippen LogP contribution in [0.2, 0.25) is 10.0 Å². The van der Waals surface area contributed by atoms with Crippen LogP contribution in [0, 0.1) is 0 Å². The molecule has 1 rings (SSSR count). The Hall–Kier alpha value is -1.08. The lowest BCUT2D eigenvalue weighted by Crippen LogP contribution is -2.45. The molecule has 1 aromatic carbocycles. The molecule has 0 bridgehead atoms. The van der Waals surface area contributed by atoms with Gasteiger partial charge in [-0.25, -0.2) is 4.79 Å². The quantitative estimate of drug-likeness (QED) is 0.614.